The number of hydrogen-bond acceptors (Lipinski definition) is 3. The van der Waals surface area contributed by atoms with Gasteiger partial charge in [-0.1, -0.05) is 27.7 Å². The fraction of sp³-hybridized carbons (Fsp3) is 0.765. The third-order valence-corrected chi connectivity index (χ3v) is 5.61. The first-order valence-corrected chi connectivity index (χ1v) is 9.14. The van der Waals surface area contributed by atoms with Crippen molar-refractivity contribution in [3.05, 3.63) is 15.1 Å². The molecule has 0 saturated heterocycles. The molecule has 0 atom stereocenters. The number of nitrogens with one attached hydrogen (secondary N) is 1. The Morgan fingerprint density at radius 2 is 1.86 bits per heavy atom. The second-order valence-corrected chi connectivity index (χ2v) is 8.56. The molecule has 2 rings (SSSR count). The highest BCUT2D eigenvalue weighted by Gasteiger charge is 2.29. The lowest BCUT2D eigenvalue weighted by Gasteiger charge is -2.33. The van der Waals surface area contributed by atoms with Gasteiger partial charge in [0, 0.05) is 13.0 Å². The van der Waals surface area contributed by atoms with E-state index in [0.717, 1.165) is 18.1 Å². The van der Waals surface area contributed by atoms with Gasteiger partial charge in [0.05, 0.1) is 9.26 Å². The van der Waals surface area contributed by atoms with Crippen molar-refractivity contribution in [1.82, 2.24) is 9.97 Å². The van der Waals surface area contributed by atoms with Crippen LogP contribution in [0.25, 0.3) is 0 Å². The summed E-state index contributed by atoms with van der Waals surface area (Å²) >= 11 is 2.38. The van der Waals surface area contributed by atoms with E-state index in [0.29, 0.717) is 17.3 Å². The maximum absolute atomic E-state index is 4.93. The van der Waals surface area contributed by atoms with E-state index >= 15 is 0 Å². The van der Waals surface area contributed by atoms with Gasteiger partial charge in [-0.15, -0.1) is 0 Å². The zero-order valence-electron chi connectivity index (χ0n) is 14.0. The molecule has 0 aromatic carbocycles. The number of halogens is 1. The average molecular weight is 401 g/mol. The summed E-state index contributed by atoms with van der Waals surface area (Å²) in [5.41, 5.74) is 1.71. The van der Waals surface area contributed by atoms with Crippen molar-refractivity contribution in [2.24, 2.45) is 11.3 Å². The van der Waals surface area contributed by atoms with E-state index in [9.17, 15) is 0 Å². The molecule has 1 fully saturated rings. The highest BCUT2D eigenvalue weighted by Crippen LogP contribution is 2.42. The zero-order chi connectivity index (χ0) is 15.6. The van der Waals surface area contributed by atoms with Crippen LogP contribution in [0.2, 0.25) is 0 Å². The van der Waals surface area contributed by atoms with Crippen molar-refractivity contribution in [3.63, 3.8) is 0 Å². The largest absolute Gasteiger partial charge is 0.372 e. The van der Waals surface area contributed by atoms with Crippen LogP contribution < -0.4 is 5.32 Å². The Morgan fingerprint density at radius 3 is 2.38 bits per heavy atom. The Morgan fingerprint density at radius 1 is 1.24 bits per heavy atom. The summed E-state index contributed by atoms with van der Waals surface area (Å²) in [6.07, 6.45) is 6.03. The Balaban J connectivity index is 2.27. The van der Waals surface area contributed by atoms with E-state index in [4.69, 9.17) is 9.97 Å². The second kappa shape index (κ2) is 6.80. The van der Waals surface area contributed by atoms with E-state index in [-0.39, 0.29) is 0 Å². The molecule has 0 spiro atoms. The summed E-state index contributed by atoms with van der Waals surface area (Å²) < 4.78 is 1.18. The molecule has 1 saturated carbocycles. The van der Waals surface area contributed by atoms with Crippen LogP contribution in [-0.4, -0.2) is 17.0 Å². The van der Waals surface area contributed by atoms with E-state index in [2.05, 4.69) is 55.6 Å². The highest BCUT2D eigenvalue weighted by atomic mass is 127. The number of anilines is 1. The summed E-state index contributed by atoms with van der Waals surface area (Å²) in [5.74, 6) is 3.22. The summed E-state index contributed by atoms with van der Waals surface area (Å²) in [5, 5.41) is 3.25. The van der Waals surface area contributed by atoms with Gasteiger partial charge < -0.3 is 5.32 Å². The van der Waals surface area contributed by atoms with Crippen molar-refractivity contribution in [2.45, 2.75) is 65.7 Å². The molecule has 1 aliphatic rings. The van der Waals surface area contributed by atoms with Crippen LogP contribution in [0.1, 0.15) is 70.8 Å². The topological polar surface area (TPSA) is 37.8 Å². The molecular formula is C17H28IN3. The number of rotatable bonds is 4. The molecule has 21 heavy (non-hydrogen) atoms. The van der Waals surface area contributed by atoms with E-state index in [1.807, 2.05) is 7.05 Å². The molecule has 3 nitrogen and oxygen atoms in total. The molecule has 1 N–H and O–H groups in total. The van der Waals surface area contributed by atoms with Crippen LogP contribution >= 0.6 is 22.6 Å². The average Bonchev–Trinajstić information content (AvgIpc) is 2.40. The molecule has 1 heterocycles. The maximum Gasteiger partial charge on any atom is 0.143 e. The van der Waals surface area contributed by atoms with Crippen LogP contribution in [0.4, 0.5) is 5.82 Å². The highest BCUT2D eigenvalue weighted by molar-refractivity contribution is 14.1. The Bertz CT molecular complexity index is 487. The minimum Gasteiger partial charge on any atom is -0.372 e. The fourth-order valence-electron chi connectivity index (χ4n) is 3.04. The van der Waals surface area contributed by atoms with Gasteiger partial charge in [0.2, 0.25) is 0 Å². The van der Waals surface area contributed by atoms with Gasteiger partial charge in [-0.25, -0.2) is 9.97 Å². The molecular weight excluding hydrogens is 373 g/mol. The van der Waals surface area contributed by atoms with Gasteiger partial charge >= 0.3 is 0 Å². The summed E-state index contributed by atoms with van der Waals surface area (Å²) in [6.45, 7) is 9.25. The Hall–Kier alpha value is -0.390. The van der Waals surface area contributed by atoms with Gasteiger partial charge in [-0.3, -0.25) is 0 Å². The first kappa shape index (κ1) is 17.0. The molecule has 1 aromatic rings. The summed E-state index contributed by atoms with van der Waals surface area (Å²) in [4.78, 5) is 9.73. The van der Waals surface area contributed by atoms with Crippen molar-refractivity contribution < 1.29 is 0 Å². The predicted octanol–water partition coefficient (Wildman–Crippen LogP) is 5.01. The monoisotopic (exact) mass is 401 g/mol. The molecule has 1 aliphatic carbocycles. The van der Waals surface area contributed by atoms with Gasteiger partial charge in [0.1, 0.15) is 11.6 Å². The lowest BCUT2D eigenvalue weighted by atomic mass is 9.73. The van der Waals surface area contributed by atoms with E-state index in [1.165, 1.54) is 34.9 Å². The van der Waals surface area contributed by atoms with Gasteiger partial charge in [-0.2, -0.15) is 0 Å². The Labute approximate surface area is 142 Å². The minimum absolute atomic E-state index is 0.492. The van der Waals surface area contributed by atoms with Gasteiger partial charge in [0.15, 0.2) is 0 Å². The first-order valence-electron chi connectivity index (χ1n) is 8.06. The first-order chi connectivity index (χ1) is 9.82. The van der Waals surface area contributed by atoms with E-state index in [1.54, 1.807) is 0 Å². The lowest BCUT2D eigenvalue weighted by molar-refractivity contribution is 0.220. The summed E-state index contributed by atoms with van der Waals surface area (Å²) in [6, 6.07) is 0. The fourth-order valence-corrected chi connectivity index (χ4v) is 3.77. The normalized spacial score (nSPS) is 19.0. The second-order valence-electron chi connectivity index (χ2n) is 7.48. The number of hydrogen-bond donors (Lipinski definition) is 1. The lowest BCUT2D eigenvalue weighted by Crippen LogP contribution is -2.22. The third kappa shape index (κ3) is 4.30. The quantitative estimate of drug-likeness (QED) is 0.722. The maximum atomic E-state index is 4.93. The van der Waals surface area contributed by atoms with Crippen molar-refractivity contribution in [1.29, 1.82) is 0 Å². The smallest absolute Gasteiger partial charge is 0.143 e. The number of nitrogens with zero attached hydrogens (tertiary/aromatic N) is 2. The molecule has 118 valence electrons. The standard InChI is InChI=1S/C17H28IN3/c1-11(2)10-13-14(18)16(19-5)21-15(20-13)12-6-8-17(3,4)9-7-12/h11-12H,6-10H2,1-5H3,(H,19,20,21). The van der Waals surface area contributed by atoms with Crippen LogP contribution in [0.15, 0.2) is 0 Å². The predicted molar refractivity (Wildman–Crippen MR) is 97.8 cm³/mol. The van der Waals surface area contributed by atoms with Gasteiger partial charge in [-0.05, 0) is 66.0 Å². The van der Waals surface area contributed by atoms with Crippen LogP contribution in [0.3, 0.4) is 0 Å². The SMILES string of the molecule is CNc1nc(C2CCC(C)(C)CC2)nc(CC(C)C)c1I. The van der Waals surface area contributed by atoms with Crippen molar-refractivity contribution in [2.75, 3.05) is 12.4 Å². The molecule has 1 aromatic heterocycles. The van der Waals surface area contributed by atoms with Crippen molar-refractivity contribution in [3.8, 4) is 0 Å². The Kier molecular flexibility index (Phi) is 5.49. The summed E-state index contributed by atoms with van der Waals surface area (Å²) in [7, 11) is 1.96. The van der Waals surface area contributed by atoms with Gasteiger partial charge in [0.25, 0.3) is 0 Å². The van der Waals surface area contributed by atoms with Crippen LogP contribution in [-0.2, 0) is 6.42 Å². The molecule has 4 heteroatoms. The molecule has 0 radical (unpaired) electrons. The van der Waals surface area contributed by atoms with Crippen LogP contribution in [0.5, 0.6) is 0 Å². The molecule has 0 unspecified atom stereocenters. The van der Waals surface area contributed by atoms with Crippen molar-refractivity contribution >= 4 is 28.4 Å². The zero-order valence-corrected chi connectivity index (χ0v) is 16.1. The minimum atomic E-state index is 0.492. The third-order valence-electron chi connectivity index (χ3n) is 4.48. The molecule has 0 amide bonds. The van der Waals surface area contributed by atoms with Crippen LogP contribution in [0, 0.1) is 14.9 Å². The molecule has 0 bridgehead atoms. The number of aromatic nitrogens is 2. The van der Waals surface area contributed by atoms with E-state index < -0.39 is 0 Å². The molecule has 0 aliphatic heterocycles.